The van der Waals surface area contributed by atoms with Gasteiger partial charge in [0.15, 0.2) is 11.6 Å². The molecule has 20 heavy (non-hydrogen) atoms. The number of nitrogens with zero attached hydrogens (tertiary/aromatic N) is 1. The van der Waals surface area contributed by atoms with E-state index in [0.29, 0.717) is 17.8 Å². The van der Waals surface area contributed by atoms with E-state index in [9.17, 15) is 18.4 Å². The Morgan fingerprint density at radius 3 is 2.45 bits per heavy atom. The molecule has 0 aliphatic rings. The Morgan fingerprint density at radius 1 is 1.25 bits per heavy atom. The van der Waals surface area contributed by atoms with Crippen LogP contribution in [0.15, 0.2) is 18.3 Å². The molecule has 6 nitrogen and oxygen atoms in total. The number of anilines is 1. The first-order valence-electron chi connectivity index (χ1n) is 5.44. The zero-order chi connectivity index (χ0) is 14.9. The third-order valence-electron chi connectivity index (χ3n) is 2.61. The number of hydrogen-bond acceptors (Lipinski definition) is 3. The molecule has 0 spiro atoms. The van der Waals surface area contributed by atoms with Crippen molar-refractivity contribution in [2.24, 2.45) is 0 Å². The van der Waals surface area contributed by atoms with Crippen molar-refractivity contribution >= 4 is 17.6 Å². The Morgan fingerprint density at radius 2 is 1.90 bits per heavy atom. The quantitative estimate of drug-likeness (QED) is 0.801. The summed E-state index contributed by atoms with van der Waals surface area (Å²) in [6, 6.07) is 1.13. The predicted molar refractivity (Wildman–Crippen MR) is 64.6 cm³/mol. The van der Waals surface area contributed by atoms with Crippen molar-refractivity contribution < 1.29 is 23.5 Å². The maximum absolute atomic E-state index is 13.2. The molecular weight excluding hydrogens is 272 g/mol. The minimum Gasteiger partial charge on any atom is -0.478 e. The van der Waals surface area contributed by atoms with Gasteiger partial charge in [0.1, 0.15) is 0 Å². The van der Waals surface area contributed by atoms with Crippen LogP contribution in [-0.4, -0.2) is 27.2 Å². The lowest BCUT2D eigenvalue weighted by molar-refractivity contribution is 0.0697. The molecule has 0 aliphatic carbocycles. The summed E-state index contributed by atoms with van der Waals surface area (Å²) >= 11 is 0. The normalized spacial score (nSPS) is 10.3. The zero-order valence-corrected chi connectivity index (χ0v) is 10.2. The number of aryl methyl sites for hydroxylation is 1. The Bertz CT molecular complexity index is 697. The molecule has 0 saturated heterocycles. The minimum absolute atomic E-state index is 0.172. The van der Waals surface area contributed by atoms with E-state index in [1.165, 1.54) is 6.20 Å². The molecule has 3 N–H and O–H groups in total. The summed E-state index contributed by atoms with van der Waals surface area (Å²) in [4.78, 5) is 22.8. The molecule has 1 amide bonds. The van der Waals surface area contributed by atoms with Crippen molar-refractivity contribution in [1.29, 1.82) is 0 Å². The van der Waals surface area contributed by atoms with E-state index >= 15 is 0 Å². The summed E-state index contributed by atoms with van der Waals surface area (Å²) in [5.74, 6) is -4.72. The average Bonchev–Trinajstić information content (AvgIpc) is 2.79. The smallest absolute Gasteiger partial charge is 0.337 e. The van der Waals surface area contributed by atoms with Crippen LogP contribution in [0.2, 0.25) is 0 Å². The van der Waals surface area contributed by atoms with Gasteiger partial charge in [-0.05, 0) is 13.0 Å². The lowest BCUT2D eigenvalue weighted by atomic mass is 10.1. The minimum atomic E-state index is -1.48. The summed E-state index contributed by atoms with van der Waals surface area (Å²) < 4.78 is 26.2. The molecule has 2 aromatic rings. The summed E-state index contributed by atoms with van der Waals surface area (Å²) in [5.41, 5.74) is -0.242. The van der Waals surface area contributed by atoms with Gasteiger partial charge in [-0.3, -0.25) is 9.89 Å². The maximum atomic E-state index is 13.2. The molecule has 0 unspecified atom stereocenters. The van der Waals surface area contributed by atoms with Gasteiger partial charge in [0.2, 0.25) is 0 Å². The second-order valence-corrected chi connectivity index (χ2v) is 3.98. The Hall–Kier alpha value is -2.77. The van der Waals surface area contributed by atoms with E-state index in [0.717, 1.165) is 0 Å². The van der Waals surface area contributed by atoms with Crippen LogP contribution in [0.3, 0.4) is 0 Å². The van der Waals surface area contributed by atoms with Crippen LogP contribution < -0.4 is 5.32 Å². The Labute approximate surface area is 111 Å². The molecule has 2 rings (SSSR count). The van der Waals surface area contributed by atoms with Gasteiger partial charge >= 0.3 is 5.97 Å². The summed E-state index contributed by atoms with van der Waals surface area (Å²) in [5, 5.41) is 17.3. The van der Waals surface area contributed by atoms with Crippen LogP contribution >= 0.6 is 0 Å². The van der Waals surface area contributed by atoms with E-state index < -0.39 is 29.1 Å². The third kappa shape index (κ3) is 2.48. The van der Waals surface area contributed by atoms with Gasteiger partial charge in [0, 0.05) is 11.8 Å². The number of halogens is 2. The number of hydrogen-bond donors (Lipinski definition) is 3. The summed E-state index contributed by atoms with van der Waals surface area (Å²) in [6.45, 7) is 1.59. The lowest BCUT2D eigenvalue weighted by Crippen LogP contribution is -2.16. The van der Waals surface area contributed by atoms with Gasteiger partial charge < -0.3 is 10.4 Å². The average molecular weight is 281 g/mol. The highest BCUT2D eigenvalue weighted by atomic mass is 19.2. The number of aromatic amines is 1. The Balaban J connectivity index is 2.38. The molecule has 0 radical (unpaired) electrons. The second-order valence-electron chi connectivity index (χ2n) is 3.98. The van der Waals surface area contributed by atoms with Gasteiger partial charge in [-0.2, -0.15) is 5.10 Å². The Kier molecular flexibility index (Phi) is 3.47. The summed E-state index contributed by atoms with van der Waals surface area (Å²) in [7, 11) is 0. The lowest BCUT2D eigenvalue weighted by Gasteiger charge is -2.08. The molecule has 0 fully saturated rings. The van der Waals surface area contributed by atoms with E-state index in [2.05, 4.69) is 15.5 Å². The van der Waals surface area contributed by atoms with Gasteiger partial charge in [-0.25, -0.2) is 13.6 Å². The molecular formula is C12H9F2N3O3. The van der Waals surface area contributed by atoms with Gasteiger partial charge in [0.05, 0.1) is 23.0 Å². The number of amides is 1. The molecule has 1 heterocycles. The SMILES string of the molecule is Cc1[nH]ncc1C(=O)Nc1cc(F)c(F)cc1C(=O)O. The zero-order valence-electron chi connectivity index (χ0n) is 10.2. The van der Waals surface area contributed by atoms with E-state index in [1.54, 1.807) is 6.92 Å². The standard InChI is InChI=1S/C12H9F2N3O3/c1-5-7(4-15-17-5)11(18)16-10-3-9(14)8(13)2-6(10)12(19)20/h2-4H,1H3,(H,15,17)(H,16,18)(H,19,20). The molecule has 8 heteroatoms. The first-order chi connectivity index (χ1) is 9.40. The van der Waals surface area contributed by atoms with Crippen LogP contribution in [0.5, 0.6) is 0 Å². The van der Waals surface area contributed by atoms with Crippen LogP contribution in [0.4, 0.5) is 14.5 Å². The number of carboxylic acid groups (broad SMARTS) is 1. The van der Waals surface area contributed by atoms with Gasteiger partial charge in [-0.15, -0.1) is 0 Å². The van der Waals surface area contributed by atoms with E-state index in [1.807, 2.05) is 0 Å². The van der Waals surface area contributed by atoms with Crippen molar-refractivity contribution in [3.63, 3.8) is 0 Å². The van der Waals surface area contributed by atoms with Crippen molar-refractivity contribution in [1.82, 2.24) is 10.2 Å². The predicted octanol–water partition coefficient (Wildman–Crippen LogP) is 1.95. The van der Waals surface area contributed by atoms with Crippen LogP contribution in [-0.2, 0) is 0 Å². The molecule has 0 bridgehead atoms. The highest BCUT2D eigenvalue weighted by Crippen LogP contribution is 2.21. The van der Waals surface area contributed by atoms with Crippen molar-refractivity contribution in [2.45, 2.75) is 6.92 Å². The summed E-state index contributed by atoms with van der Waals surface area (Å²) in [6.07, 6.45) is 1.24. The number of benzene rings is 1. The fraction of sp³-hybridized carbons (Fsp3) is 0.0833. The highest BCUT2D eigenvalue weighted by molar-refractivity contribution is 6.08. The van der Waals surface area contributed by atoms with E-state index in [-0.39, 0.29) is 11.3 Å². The van der Waals surface area contributed by atoms with Gasteiger partial charge in [0.25, 0.3) is 5.91 Å². The highest BCUT2D eigenvalue weighted by Gasteiger charge is 2.19. The van der Waals surface area contributed by atoms with Crippen molar-refractivity contribution in [2.75, 3.05) is 5.32 Å². The second kappa shape index (κ2) is 5.08. The molecule has 0 atom stereocenters. The van der Waals surface area contributed by atoms with Gasteiger partial charge in [-0.1, -0.05) is 0 Å². The number of rotatable bonds is 3. The van der Waals surface area contributed by atoms with Crippen LogP contribution in [0.25, 0.3) is 0 Å². The fourth-order valence-corrected chi connectivity index (χ4v) is 1.60. The first-order valence-corrected chi connectivity index (χ1v) is 5.44. The number of carbonyl (C=O) groups excluding carboxylic acids is 1. The number of nitrogens with one attached hydrogen (secondary N) is 2. The van der Waals surface area contributed by atoms with Crippen LogP contribution in [0, 0.1) is 18.6 Å². The molecule has 0 aliphatic heterocycles. The number of H-pyrrole nitrogens is 1. The topological polar surface area (TPSA) is 95.1 Å². The third-order valence-corrected chi connectivity index (χ3v) is 2.61. The molecule has 1 aromatic heterocycles. The number of carboxylic acids is 1. The van der Waals surface area contributed by atoms with E-state index in [4.69, 9.17) is 5.11 Å². The fourth-order valence-electron chi connectivity index (χ4n) is 1.60. The molecule has 104 valence electrons. The maximum Gasteiger partial charge on any atom is 0.337 e. The number of carbonyl (C=O) groups is 2. The first kappa shape index (κ1) is 13.7. The monoisotopic (exact) mass is 281 g/mol. The number of aromatic carboxylic acids is 1. The largest absolute Gasteiger partial charge is 0.478 e. The number of aromatic nitrogens is 2. The van der Waals surface area contributed by atoms with Crippen molar-refractivity contribution in [3.8, 4) is 0 Å². The van der Waals surface area contributed by atoms with Crippen molar-refractivity contribution in [3.05, 3.63) is 46.8 Å². The van der Waals surface area contributed by atoms with Crippen LogP contribution in [0.1, 0.15) is 26.4 Å². The molecule has 1 aromatic carbocycles. The molecule has 0 saturated carbocycles.